The maximum atomic E-state index is 6.94. The van der Waals surface area contributed by atoms with Crippen molar-refractivity contribution in [2.24, 2.45) is 0 Å². The average Bonchev–Trinajstić information content (AvgIpc) is 2.72. The Balaban J connectivity index is 0.763. The molecule has 398 valence electrons. The van der Waals surface area contributed by atoms with Gasteiger partial charge in [0.2, 0.25) is 0 Å². The standard InChI is InChI=1S/C79H60N2O2/c1-49-17-31-63(41-51(49)3)80(61-33-27-59(28-34-61)57-23-19-55(20-24-57)53-13-9-7-10-14-53)65-37-39-67-71-45-73-69(47-77(71)82-75(67)43-65)70-48-78-72(46-74(70)79(73,5)6)68-40-38-66(44-76(68)83-78)81(64-32-18-50(2)52(4)42-64)62-35-29-60(30-36-62)58-25-21-56(22-26-58)54-15-11-8-12-16-54/h7-48H,1-6H3. The quantitative estimate of drug-likeness (QED) is 0.137. The van der Waals surface area contributed by atoms with Gasteiger partial charge in [-0.25, -0.2) is 0 Å². The molecule has 0 radical (unpaired) electrons. The van der Waals surface area contributed by atoms with Crippen LogP contribution in [-0.4, -0.2) is 0 Å². The van der Waals surface area contributed by atoms with Crippen LogP contribution in [0.2, 0.25) is 0 Å². The molecule has 2 aromatic heterocycles. The van der Waals surface area contributed by atoms with E-state index in [9.17, 15) is 0 Å². The zero-order valence-corrected chi connectivity index (χ0v) is 47.5. The van der Waals surface area contributed by atoms with Crippen molar-refractivity contribution >= 4 is 78.0 Å². The summed E-state index contributed by atoms with van der Waals surface area (Å²) in [5.41, 5.74) is 29.1. The molecule has 2 heterocycles. The Morgan fingerprint density at radius 1 is 0.253 bits per heavy atom. The van der Waals surface area contributed by atoms with E-state index in [4.69, 9.17) is 8.83 Å². The second-order valence-electron chi connectivity index (χ2n) is 23.2. The molecule has 0 fully saturated rings. The minimum Gasteiger partial charge on any atom is -0.456 e. The van der Waals surface area contributed by atoms with Gasteiger partial charge in [0.05, 0.1) is 0 Å². The molecule has 4 nitrogen and oxygen atoms in total. The van der Waals surface area contributed by atoms with E-state index >= 15 is 0 Å². The number of rotatable bonds is 10. The predicted molar refractivity (Wildman–Crippen MR) is 349 cm³/mol. The van der Waals surface area contributed by atoms with Gasteiger partial charge in [-0.2, -0.15) is 0 Å². The SMILES string of the molecule is Cc1ccc(N(c2ccc(-c3ccc(-c4ccccc4)cc3)cc2)c2ccc3c(c2)oc2cc4c(cc23)C(C)(C)c2cc3c(cc2-4)oc2cc(N(c4ccc(-c5ccc(-c6ccccc6)cc5)cc4)c4ccc(C)c(C)c4)ccc23)cc1C. The van der Waals surface area contributed by atoms with E-state index in [-0.39, 0.29) is 5.41 Å². The van der Waals surface area contributed by atoms with Gasteiger partial charge in [0, 0.05) is 73.2 Å². The van der Waals surface area contributed by atoms with Gasteiger partial charge in [0.1, 0.15) is 22.3 Å². The normalized spacial score (nSPS) is 12.6. The van der Waals surface area contributed by atoms with Gasteiger partial charge >= 0.3 is 0 Å². The number of fused-ring (bicyclic) bond motifs is 9. The number of aryl methyl sites for hydroxylation is 4. The van der Waals surface area contributed by atoms with Crippen molar-refractivity contribution in [2.75, 3.05) is 9.80 Å². The monoisotopic (exact) mass is 1070 g/mol. The van der Waals surface area contributed by atoms with E-state index in [0.29, 0.717) is 0 Å². The van der Waals surface area contributed by atoms with Gasteiger partial charge in [0.15, 0.2) is 0 Å². The van der Waals surface area contributed by atoms with Crippen LogP contribution >= 0.6 is 0 Å². The van der Waals surface area contributed by atoms with Crippen molar-refractivity contribution in [3.05, 3.63) is 288 Å². The van der Waals surface area contributed by atoms with E-state index in [1.807, 2.05) is 0 Å². The molecular formula is C79H60N2O2. The summed E-state index contributed by atoms with van der Waals surface area (Å²) >= 11 is 0. The molecule has 12 aromatic carbocycles. The number of hydrogen-bond donors (Lipinski definition) is 0. The molecule has 0 spiro atoms. The molecule has 1 aliphatic rings. The molecule has 83 heavy (non-hydrogen) atoms. The number of benzene rings is 12. The van der Waals surface area contributed by atoms with E-state index in [1.165, 1.54) is 89.0 Å². The first kappa shape index (κ1) is 49.8. The molecule has 14 aromatic rings. The van der Waals surface area contributed by atoms with E-state index in [2.05, 4.69) is 306 Å². The zero-order valence-electron chi connectivity index (χ0n) is 47.5. The summed E-state index contributed by atoms with van der Waals surface area (Å²) in [4.78, 5) is 4.68. The first-order valence-corrected chi connectivity index (χ1v) is 28.8. The van der Waals surface area contributed by atoms with Crippen molar-refractivity contribution in [3.63, 3.8) is 0 Å². The molecule has 0 saturated carbocycles. The molecule has 0 bridgehead atoms. The predicted octanol–water partition coefficient (Wildman–Crippen LogP) is 22.6. The summed E-state index contributed by atoms with van der Waals surface area (Å²) < 4.78 is 13.9. The van der Waals surface area contributed by atoms with Crippen molar-refractivity contribution in [2.45, 2.75) is 47.0 Å². The molecule has 0 atom stereocenters. The van der Waals surface area contributed by atoms with Crippen molar-refractivity contribution in [3.8, 4) is 55.6 Å². The highest BCUT2D eigenvalue weighted by atomic mass is 16.3. The topological polar surface area (TPSA) is 32.8 Å². The van der Waals surface area contributed by atoms with Crippen molar-refractivity contribution < 1.29 is 8.83 Å². The molecular weight excluding hydrogens is 1010 g/mol. The average molecular weight is 1070 g/mol. The maximum absolute atomic E-state index is 6.94. The summed E-state index contributed by atoms with van der Waals surface area (Å²) in [6, 6.07) is 92.7. The molecule has 0 N–H and O–H groups in total. The Hall–Kier alpha value is -10.2. The fourth-order valence-corrected chi connectivity index (χ4v) is 12.7. The Morgan fingerprint density at radius 2 is 0.542 bits per heavy atom. The first-order valence-electron chi connectivity index (χ1n) is 28.8. The third-order valence-electron chi connectivity index (χ3n) is 17.7. The van der Waals surface area contributed by atoms with E-state index in [1.54, 1.807) is 0 Å². The second kappa shape index (κ2) is 19.5. The number of furan rings is 2. The summed E-state index contributed by atoms with van der Waals surface area (Å²) in [5, 5.41) is 4.44. The minimum absolute atomic E-state index is 0.271. The van der Waals surface area contributed by atoms with E-state index < -0.39 is 0 Å². The van der Waals surface area contributed by atoms with Gasteiger partial charge in [-0.05, 0) is 214 Å². The highest BCUT2D eigenvalue weighted by Gasteiger charge is 2.37. The number of anilines is 6. The largest absolute Gasteiger partial charge is 0.456 e. The lowest BCUT2D eigenvalue weighted by Gasteiger charge is -2.26. The maximum Gasteiger partial charge on any atom is 0.137 e. The van der Waals surface area contributed by atoms with Crippen LogP contribution in [0.3, 0.4) is 0 Å². The van der Waals surface area contributed by atoms with Crippen LogP contribution in [-0.2, 0) is 5.41 Å². The molecule has 15 rings (SSSR count). The smallest absolute Gasteiger partial charge is 0.137 e. The van der Waals surface area contributed by atoms with Crippen LogP contribution in [0.15, 0.2) is 264 Å². The van der Waals surface area contributed by atoms with Gasteiger partial charge in [-0.3, -0.25) is 0 Å². The molecule has 0 unspecified atom stereocenters. The summed E-state index contributed by atoms with van der Waals surface area (Å²) in [6.45, 7) is 13.4. The van der Waals surface area contributed by atoms with Gasteiger partial charge in [-0.15, -0.1) is 0 Å². The molecule has 0 aliphatic heterocycles. The molecule has 0 saturated heterocycles. The highest BCUT2D eigenvalue weighted by Crippen LogP contribution is 2.53. The molecule has 0 amide bonds. The van der Waals surface area contributed by atoms with E-state index in [0.717, 1.165) is 78.0 Å². The second-order valence-corrected chi connectivity index (χ2v) is 23.2. The first-order chi connectivity index (χ1) is 40.5. The van der Waals surface area contributed by atoms with Crippen molar-refractivity contribution in [1.29, 1.82) is 0 Å². The van der Waals surface area contributed by atoms with Crippen LogP contribution in [0.1, 0.15) is 47.2 Å². The zero-order chi connectivity index (χ0) is 56.1. The van der Waals surface area contributed by atoms with Gasteiger partial charge < -0.3 is 18.6 Å². The Kier molecular flexibility index (Phi) is 11.7. The fraction of sp³-hybridized carbons (Fsp3) is 0.0886. The lowest BCUT2D eigenvalue weighted by Crippen LogP contribution is -2.14. The van der Waals surface area contributed by atoms with Crippen LogP contribution in [0.4, 0.5) is 34.1 Å². The lowest BCUT2D eigenvalue weighted by molar-refractivity contribution is 0.656. The van der Waals surface area contributed by atoms with Crippen LogP contribution in [0.5, 0.6) is 0 Å². The number of hydrogen-bond acceptors (Lipinski definition) is 4. The summed E-state index contributed by atoms with van der Waals surface area (Å²) in [5.74, 6) is 0. The molecule has 1 aliphatic carbocycles. The van der Waals surface area contributed by atoms with Crippen LogP contribution < -0.4 is 9.80 Å². The third kappa shape index (κ3) is 8.60. The third-order valence-corrected chi connectivity index (χ3v) is 17.7. The number of nitrogens with zero attached hydrogens (tertiary/aromatic N) is 2. The lowest BCUT2D eigenvalue weighted by atomic mass is 9.81. The summed E-state index contributed by atoms with van der Waals surface area (Å²) in [7, 11) is 0. The Morgan fingerprint density at radius 3 is 0.892 bits per heavy atom. The minimum atomic E-state index is -0.271. The molecule has 4 heteroatoms. The van der Waals surface area contributed by atoms with Gasteiger partial charge in [-0.1, -0.05) is 159 Å². The van der Waals surface area contributed by atoms with Crippen LogP contribution in [0, 0.1) is 27.7 Å². The van der Waals surface area contributed by atoms with Crippen molar-refractivity contribution in [1.82, 2.24) is 0 Å². The fourth-order valence-electron chi connectivity index (χ4n) is 12.7. The van der Waals surface area contributed by atoms with Crippen LogP contribution in [0.25, 0.3) is 99.5 Å². The highest BCUT2D eigenvalue weighted by molar-refractivity contribution is 6.11. The Labute approximate surface area is 484 Å². The van der Waals surface area contributed by atoms with Gasteiger partial charge in [0.25, 0.3) is 0 Å². The summed E-state index contributed by atoms with van der Waals surface area (Å²) in [6.07, 6.45) is 0. The Bertz CT molecular complexity index is 4510.